The van der Waals surface area contributed by atoms with Crippen LogP contribution in [0.4, 0.5) is 5.82 Å². The number of carbonyl (C=O) groups is 2. The van der Waals surface area contributed by atoms with E-state index in [1.165, 1.54) is 0 Å². The number of rotatable bonds is 8. The molecule has 0 unspecified atom stereocenters. The molecular weight excluding hydrogens is 368 g/mol. The molecule has 0 spiro atoms. The minimum atomic E-state index is -0.684. The molecule has 0 saturated heterocycles. The molecule has 2 aromatic carbocycles. The average Bonchev–Trinajstić information content (AvgIpc) is 3.11. The van der Waals surface area contributed by atoms with E-state index in [9.17, 15) is 9.59 Å². The van der Waals surface area contributed by atoms with Gasteiger partial charge in [-0.15, -0.1) is 0 Å². The van der Waals surface area contributed by atoms with Gasteiger partial charge in [0.15, 0.2) is 5.82 Å². The summed E-state index contributed by atoms with van der Waals surface area (Å²) in [6, 6.07) is 14.1. The molecule has 0 radical (unpaired) electrons. The number of anilines is 1. The summed E-state index contributed by atoms with van der Waals surface area (Å²) < 4.78 is 0. The van der Waals surface area contributed by atoms with Crippen molar-refractivity contribution in [2.75, 3.05) is 5.73 Å². The molecule has 2 atom stereocenters. The number of aromatic amines is 1. The van der Waals surface area contributed by atoms with Gasteiger partial charge in [0.05, 0.1) is 11.6 Å². The number of fused-ring (bicyclic) bond motifs is 1. The Morgan fingerprint density at radius 3 is 2.62 bits per heavy atom. The molecule has 3 aromatic rings. The van der Waals surface area contributed by atoms with Gasteiger partial charge in [-0.3, -0.25) is 14.7 Å². The van der Waals surface area contributed by atoms with Gasteiger partial charge in [-0.25, -0.2) is 0 Å². The molecule has 0 aliphatic rings. The number of hydrogen-bond acceptors (Lipinski definition) is 5. The quantitative estimate of drug-likeness (QED) is 0.391. The molecule has 1 aromatic heterocycles. The summed E-state index contributed by atoms with van der Waals surface area (Å²) in [7, 11) is 0. The summed E-state index contributed by atoms with van der Waals surface area (Å²) in [4.78, 5) is 24.6. The number of benzene rings is 2. The van der Waals surface area contributed by atoms with E-state index in [0.29, 0.717) is 25.2 Å². The van der Waals surface area contributed by atoms with Gasteiger partial charge >= 0.3 is 0 Å². The van der Waals surface area contributed by atoms with Crippen molar-refractivity contribution in [3.8, 4) is 0 Å². The Bertz CT molecular complexity index is 985. The summed E-state index contributed by atoms with van der Waals surface area (Å²) in [5.41, 5.74) is 14.5. The van der Waals surface area contributed by atoms with E-state index in [4.69, 9.17) is 11.5 Å². The number of amides is 2. The lowest BCUT2D eigenvalue weighted by Gasteiger charge is -2.17. The Morgan fingerprint density at radius 1 is 1.10 bits per heavy atom. The lowest BCUT2D eigenvalue weighted by molar-refractivity contribution is -0.129. The molecule has 1 heterocycles. The third-order valence-electron chi connectivity index (χ3n) is 4.80. The molecule has 7 N–H and O–H groups in total. The van der Waals surface area contributed by atoms with Crippen molar-refractivity contribution in [2.24, 2.45) is 5.73 Å². The Kier molecular flexibility index (Phi) is 6.46. The fraction of sp³-hybridized carbons (Fsp3) is 0.286. The van der Waals surface area contributed by atoms with Crippen LogP contribution in [0.25, 0.3) is 10.9 Å². The zero-order chi connectivity index (χ0) is 20.8. The summed E-state index contributed by atoms with van der Waals surface area (Å²) in [6.07, 6.45) is 1.22. The number of hydrogen-bond donors (Lipinski definition) is 5. The summed E-state index contributed by atoms with van der Waals surface area (Å²) in [5, 5.41) is 13.1. The second-order valence-electron chi connectivity index (χ2n) is 7.07. The molecule has 8 nitrogen and oxygen atoms in total. The summed E-state index contributed by atoms with van der Waals surface area (Å²) in [5.74, 6) is -0.175. The van der Waals surface area contributed by atoms with Crippen molar-refractivity contribution in [2.45, 2.75) is 38.4 Å². The highest BCUT2D eigenvalue weighted by atomic mass is 16.2. The smallest absolute Gasteiger partial charge is 0.242 e. The first kappa shape index (κ1) is 20.3. The predicted octanol–water partition coefficient (Wildman–Crippen LogP) is 1.23. The van der Waals surface area contributed by atoms with Gasteiger partial charge in [-0.1, -0.05) is 36.4 Å². The zero-order valence-corrected chi connectivity index (χ0v) is 16.3. The Labute approximate surface area is 169 Å². The molecule has 29 heavy (non-hydrogen) atoms. The molecule has 8 heteroatoms. The van der Waals surface area contributed by atoms with Gasteiger partial charge in [-0.05, 0) is 43.0 Å². The zero-order valence-electron chi connectivity index (χ0n) is 16.3. The van der Waals surface area contributed by atoms with Crippen LogP contribution >= 0.6 is 0 Å². The largest absolute Gasteiger partial charge is 0.382 e. The fourth-order valence-corrected chi connectivity index (χ4v) is 3.02. The first-order chi connectivity index (χ1) is 13.9. The standard InChI is InChI=1S/C21H26N6O2/c1-13(25-21(29)17(22)10-8-14-5-3-2-4-6-14)20(28)24-12-15-7-9-16-18(11-15)26-27-19(16)23/h2-7,9,11,13,17H,8,10,12,22H2,1H3,(H,24,28)(H,25,29)(H3,23,26,27)/t13-,17+/m0/s1. The van der Waals surface area contributed by atoms with Gasteiger partial charge in [0.25, 0.3) is 0 Å². The van der Waals surface area contributed by atoms with Crippen molar-refractivity contribution in [3.63, 3.8) is 0 Å². The summed E-state index contributed by atoms with van der Waals surface area (Å²) in [6.45, 7) is 1.96. The molecule has 2 amide bonds. The molecule has 0 fully saturated rings. The number of nitrogen functional groups attached to an aromatic ring is 1. The van der Waals surface area contributed by atoms with Gasteiger partial charge in [-0.2, -0.15) is 5.10 Å². The lowest BCUT2D eigenvalue weighted by atomic mass is 10.1. The first-order valence-electron chi connectivity index (χ1n) is 9.54. The maximum atomic E-state index is 12.3. The lowest BCUT2D eigenvalue weighted by Crippen LogP contribution is -2.50. The van der Waals surface area contributed by atoms with Crippen LogP contribution in [0.5, 0.6) is 0 Å². The Morgan fingerprint density at radius 2 is 1.86 bits per heavy atom. The minimum absolute atomic E-state index is 0.280. The molecule has 152 valence electrons. The monoisotopic (exact) mass is 394 g/mol. The Hall–Kier alpha value is -3.39. The highest BCUT2D eigenvalue weighted by molar-refractivity contribution is 5.90. The van der Waals surface area contributed by atoms with Crippen LogP contribution in [-0.2, 0) is 22.6 Å². The predicted molar refractivity (Wildman–Crippen MR) is 113 cm³/mol. The topological polar surface area (TPSA) is 139 Å². The van der Waals surface area contributed by atoms with Crippen molar-refractivity contribution in [1.29, 1.82) is 0 Å². The van der Waals surface area contributed by atoms with Crippen molar-refractivity contribution in [1.82, 2.24) is 20.8 Å². The van der Waals surface area contributed by atoms with Crippen LogP contribution in [0, 0.1) is 0 Å². The van der Waals surface area contributed by atoms with E-state index >= 15 is 0 Å². The van der Waals surface area contributed by atoms with E-state index < -0.39 is 12.1 Å². The van der Waals surface area contributed by atoms with Crippen LogP contribution < -0.4 is 22.1 Å². The third kappa shape index (κ3) is 5.32. The second kappa shape index (κ2) is 9.20. The van der Waals surface area contributed by atoms with Crippen LogP contribution in [0.1, 0.15) is 24.5 Å². The minimum Gasteiger partial charge on any atom is -0.382 e. The van der Waals surface area contributed by atoms with E-state index in [1.807, 2.05) is 48.5 Å². The van der Waals surface area contributed by atoms with Crippen molar-refractivity contribution < 1.29 is 9.59 Å². The van der Waals surface area contributed by atoms with Crippen LogP contribution in [0.3, 0.4) is 0 Å². The van der Waals surface area contributed by atoms with E-state index in [1.54, 1.807) is 6.92 Å². The van der Waals surface area contributed by atoms with Crippen molar-refractivity contribution >= 4 is 28.5 Å². The first-order valence-corrected chi connectivity index (χ1v) is 9.54. The number of carbonyl (C=O) groups excluding carboxylic acids is 2. The maximum absolute atomic E-state index is 12.3. The van der Waals surface area contributed by atoms with Crippen molar-refractivity contribution in [3.05, 3.63) is 59.7 Å². The fourth-order valence-electron chi connectivity index (χ4n) is 3.02. The molecule has 0 saturated carbocycles. The molecule has 3 rings (SSSR count). The highest BCUT2D eigenvalue weighted by Gasteiger charge is 2.20. The van der Waals surface area contributed by atoms with Crippen LogP contribution in [0.2, 0.25) is 0 Å². The number of nitrogens with zero attached hydrogens (tertiary/aromatic N) is 1. The normalized spacial score (nSPS) is 13.0. The third-order valence-corrected chi connectivity index (χ3v) is 4.80. The summed E-state index contributed by atoms with van der Waals surface area (Å²) >= 11 is 0. The van der Waals surface area contributed by atoms with E-state index in [-0.39, 0.29) is 11.8 Å². The van der Waals surface area contributed by atoms with Gasteiger partial charge in [0.2, 0.25) is 11.8 Å². The maximum Gasteiger partial charge on any atom is 0.242 e. The molecule has 0 bridgehead atoms. The van der Waals surface area contributed by atoms with E-state index in [0.717, 1.165) is 22.0 Å². The van der Waals surface area contributed by atoms with E-state index in [2.05, 4.69) is 20.8 Å². The molecular formula is C21H26N6O2. The number of aryl methyl sites for hydroxylation is 1. The number of H-pyrrole nitrogens is 1. The van der Waals surface area contributed by atoms with Crippen LogP contribution in [-0.4, -0.2) is 34.1 Å². The number of aromatic nitrogens is 2. The SMILES string of the molecule is C[C@H](NC(=O)[C@H](N)CCc1ccccc1)C(=O)NCc1ccc2c(N)n[nH]c2c1. The van der Waals surface area contributed by atoms with Gasteiger partial charge in [0, 0.05) is 11.9 Å². The Balaban J connectivity index is 1.45. The highest BCUT2D eigenvalue weighted by Crippen LogP contribution is 2.18. The number of nitrogens with one attached hydrogen (secondary N) is 3. The van der Waals surface area contributed by atoms with Gasteiger partial charge in [0.1, 0.15) is 6.04 Å². The van der Waals surface area contributed by atoms with Gasteiger partial charge < -0.3 is 22.1 Å². The second-order valence-corrected chi connectivity index (χ2v) is 7.07. The molecule has 0 aliphatic carbocycles. The average molecular weight is 394 g/mol. The number of nitrogens with two attached hydrogens (primary N) is 2. The van der Waals surface area contributed by atoms with Crippen LogP contribution in [0.15, 0.2) is 48.5 Å². The molecule has 0 aliphatic heterocycles.